The molecule has 0 saturated heterocycles. The number of halogens is 2. The Hall–Kier alpha value is -2.56. The Balaban J connectivity index is 3.60. The maximum atomic E-state index is 12.7. The first-order chi connectivity index (χ1) is 8.42. The maximum Gasteiger partial charge on any atom is 0.338 e. The molecule has 1 aromatic rings. The summed E-state index contributed by atoms with van der Waals surface area (Å²) in [5, 5.41) is 19.4. The van der Waals surface area contributed by atoms with Crippen molar-refractivity contribution in [1.82, 2.24) is 0 Å². The molecule has 0 saturated carbocycles. The van der Waals surface area contributed by atoms with Gasteiger partial charge in [-0.2, -0.15) is 5.26 Å². The lowest BCUT2D eigenvalue weighted by Gasteiger charge is -2.06. The minimum atomic E-state index is -3.19. The van der Waals surface area contributed by atoms with Crippen LogP contribution in [0.25, 0.3) is 0 Å². The Morgan fingerprint density at radius 3 is 2.56 bits per heavy atom. The van der Waals surface area contributed by atoms with Gasteiger partial charge in [-0.15, -0.1) is 0 Å². The minimum absolute atomic E-state index is 0.329. The lowest BCUT2D eigenvalue weighted by Crippen LogP contribution is -2.06. The molecule has 0 atom stereocenters. The fraction of sp³-hybridized carbons (Fsp3) is 0.200. The first-order valence-electron chi connectivity index (χ1n) is 4.51. The van der Waals surface area contributed by atoms with Gasteiger partial charge in [0, 0.05) is 6.07 Å². The molecule has 6 nitrogen and oxygen atoms in total. The number of alkyl halides is 2. The van der Waals surface area contributed by atoms with Crippen molar-refractivity contribution in [3.05, 3.63) is 38.9 Å². The van der Waals surface area contributed by atoms with Crippen LogP contribution in [0.2, 0.25) is 0 Å². The van der Waals surface area contributed by atoms with Gasteiger partial charge in [0.15, 0.2) is 0 Å². The molecule has 0 aliphatic heterocycles. The van der Waals surface area contributed by atoms with E-state index in [1.54, 1.807) is 0 Å². The minimum Gasteiger partial charge on any atom is -0.465 e. The van der Waals surface area contributed by atoms with Crippen molar-refractivity contribution >= 4 is 11.7 Å². The molecule has 0 unspecified atom stereocenters. The summed E-state index contributed by atoms with van der Waals surface area (Å²) < 4.78 is 29.7. The zero-order chi connectivity index (χ0) is 13.9. The number of nitro groups is 1. The van der Waals surface area contributed by atoms with Gasteiger partial charge >= 0.3 is 5.97 Å². The zero-order valence-electron chi connectivity index (χ0n) is 9.02. The van der Waals surface area contributed by atoms with Gasteiger partial charge in [0.1, 0.15) is 5.56 Å². The molecule has 1 aromatic carbocycles. The first-order valence-corrected chi connectivity index (χ1v) is 4.51. The van der Waals surface area contributed by atoms with E-state index in [1.165, 1.54) is 6.07 Å². The molecule has 0 aliphatic rings. The van der Waals surface area contributed by atoms with Crippen LogP contribution in [0.5, 0.6) is 0 Å². The number of esters is 1. The molecule has 0 spiro atoms. The molecule has 0 aromatic heterocycles. The molecule has 18 heavy (non-hydrogen) atoms. The molecule has 0 bridgehead atoms. The molecule has 8 heteroatoms. The normalized spacial score (nSPS) is 9.94. The van der Waals surface area contributed by atoms with Crippen LogP contribution in [-0.4, -0.2) is 18.0 Å². The van der Waals surface area contributed by atoms with E-state index in [0.29, 0.717) is 6.07 Å². The number of benzene rings is 1. The van der Waals surface area contributed by atoms with Gasteiger partial charge in [0.2, 0.25) is 0 Å². The predicted octanol–water partition coefficient (Wildman–Crippen LogP) is 2.19. The van der Waals surface area contributed by atoms with Crippen molar-refractivity contribution in [3.63, 3.8) is 0 Å². The summed E-state index contributed by atoms with van der Waals surface area (Å²) in [5.74, 6) is -0.949. The van der Waals surface area contributed by atoms with Crippen LogP contribution >= 0.6 is 0 Å². The highest BCUT2D eigenvalue weighted by Crippen LogP contribution is 2.33. The van der Waals surface area contributed by atoms with Crippen LogP contribution in [0.15, 0.2) is 12.1 Å². The monoisotopic (exact) mass is 256 g/mol. The third kappa shape index (κ3) is 2.40. The van der Waals surface area contributed by atoms with Crippen LogP contribution in [0.4, 0.5) is 14.5 Å². The van der Waals surface area contributed by atoms with Gasteiger partial charge < -0.3 is 4.74 Å². The number of carbonyl (C=O) groups excluding carboxylic acids is 1. The Morgan fingerprint density at radius 2 is 2.17 bits per heavy atom. The summed E-state index contributed by atoms with van der Waals surface area (Å²) in [6.45, 7) is 0. The van der Waals surface area contributed by atoms with Crippen molar-refractivity contribution in [2.45, 2.75) is 6.43 Å². The maximum absolute atomic E-state index is 12.7. The molecule has 0 heterocycles. The highest BCUT2D eigenvalue weighted by Gasteiger charge is 2.28. The van der Waals surface area contributed by atoms with E-state index in [0.717, 1.165) is 13.2 Å². The SMILES string of the molecule is COC(=O)c1cc(C#N)c(C(F)F)c([N+](=O)[O-])c1. The molecule has 0 N–H and O–H groups in total. The number of carbonyl (C=O) groups is 1. The van der Waals surface area contributed by atoms with Crippen molar-refractivity contribution in [1.29, 1.82) is 5.26 Å². The van der Waals surface area contributed by atoms with Gasteiger partial charge in [0.05, 0.1) is 29.2 Å². The number of ether oxygens (including phenoxy) is 1. The largest absolute Gasteiger partial charge is 0.465 e. The summed E-state index contributed by atoms with van der Waals surface area (Å²) in [6.07, 6.45) is -3.19. The van der Waals surface area contributed by atoms with Gasteiger partial charge in [-0.25, -0.2) is 13.6 Å². The van der Waals surface area contributed by atoms with Gasteiger partial charge in [-0.1, -0.05) is 0 Å². The Labute approximate surface area is 99.5 Å². The average molecular weight is 256 g/mol. The second kappa shape index (κ2) is 5.18. The fourth-order valence-electron chi connectivity index (χ4n) is 1.35. The van der Waals surface area contributed by atoms with E-state index in [2.05, 4.69) is 4.74 Å². The van der Waals surface area contributed by atoms with Crippen LogP contribution in [0, 0.1) is 21.4 Å². The van der Waals surface area contributed by atoms with Crippen LogP contribution < -0.4 is 0 Å². The lowest BCUT2D eigenvalue weighted by molar-refractivity contribution is -0.386. The number of nitrogens with zero attached hydrogens (tertiary/aromatic N) is 2. The molecule has 0 amide bonds. The quantitative estimate of drug-likeness (QED) is 0.469. The van der Waals surface area contributed by atoms with Gasteiger partial charge in [-0.3, -0.25) is 10.1 Å². The molecular formula is C10H6F2N2O4. The van der Waals surface area contributed by atoms with E-state index in [1.807, 2.05) is 0 Å². The van der Waals surface area contributed by atoms with Gasteiger partial charge in [-0.05, 0) is 6.07 Å². The van der Waals surface area contributed by atoms with Crippen molar-refractivity contribution in [3.8, 4) is 6.07 Å². The lowest BCUT2D eigenvalue weighted by atomic mass is 10.0. The van der Waals surface area contributed by atoms with Crippen LogP contribution in [0.3, 0.4) is 0 Å². The Morgan fingerprint density at radius 1 is 1.56 bits per heavy atom. The molecule has 0 aliphatic carbocycles. The number of nitriles is 1. The smallest absolute Gasteiger partial charge is 0.338 e. The zero-order valence-corrected chi connectivity index (χ0v) is 9.02. The highest BCUT2D eigenvalue weighted by atomic mass is 19.3. The number of hydrogen-bond acceptors (Lipinski definition) is 5. The first kappa shape index (κ1) is 13.5. The second-order valence-corrected chi connectivity index (χ2v) is 3.12. The summed E-state index contributed by atoms with van der Waals surface area (Å²) in [4.78, 5) is 20.8. The van der Waals surface area contributed by atoms with Crippen molar-refractivity contribution in [2.75, 3.05) is 7.11 Å². The Bertz CT molecular complexity index is 552. The molecule has 0 radical (unpaired) electrons. The summed E-state index contributed by atoms with van der Waals surface area (Å²) in [7, 11) is 1.03. The number of nitro benzene ring substituents is 1. The fourth-order valence-corrected chi connectivity index (χ4v) is 1.35. The van der Waals surface area contributed by atoms with Gasteiger partial charge in [0.25, 0.3) is 12.1 Å². The topological polar surface area (TPSA) is 93.2 Å². The number of hydrogen-bond donors (Lipinski definition) is 0. The second-order valence-electron chi connectivity index (χ2n) is 3.12. The van der Waals surface area contributed by atoms with E-state index in [9.17, 15) is 23.7 Å². The van der Waals surface area contributed by atoms with E-state index >= 15 is 0 Å². The molecule has 0 fully saturated rings. The van der Waals surface area contributed by atoms with Crippen LogP contribution in [0.1, 0.15) is 27.9 Å². The number of rotatable bonds is 3. The predicted molar refractivity (Wildman–Crippen MR) is 54.1 cm³/mol. The molecular weight excluding hydrogens is 250 g/mol. The molecule has 94 valence electrons. The average Bonchev–Trinajstić information content (AvgIpc) is 2.35. The summed E-state index contributed by atoms with van der Waals surface area (Å²) in [6, 6.07) is 2.89. The molecule has 1 rings (SSSR count). The summed E-state index contributed by atoms with van der Waals surface area (Å²) in [5.41, 5.74) is -2.94. The highest BCUT2D eigenvalue weighted by molar-refractivity contribution is 5.91. The standard InChI is InChI=1S/C10H6F2N2O4/c1-18-10(15)5-2-6(4-13)8(9(11)12)7(3-5)14(16)17/h2-3,9H,1H3. The van der Waals surface area contributed by atoms with Crippen molar-refractivity contribution in [2.24, 2.45) is 0 Å². The van der Waals surface area contributed by atoms with Crippen LogP contribution in [-0.2, 0) is 4.74 Å². The summed E-state index contributed by atoms with van der Waals surface area (Å²) >= 11 is 0. The van der Waals surface area contributed by atoms with E-state index in [-0.39, 0.29) is 5.56 Å². The Kier molecular flexibility index (Phi) is 3.89. The van der Waals surface area contributed by atoms with E-state index < -0.39 is 34.1 Å². The third-order valence-corrected chi connectivity index (χ3v) is 2.11. The van der Waals surface area contributed by atoms with E-state index in [4.69, 9.17) is 5.26 Å². The number of methoxy groups -OCH3 is 1. The third-order valence-electron chi connectivity index (χ3n) is 2.11. The van der Waals surface area contributed by atoms with Crippen molar-refractivity contribution < 1.29 is 23.2 Å².